The molecule has 96 valence electrons. The van der Waals surface area contributed by atoms with Crippen LogP contribution >= 0.6 is 8.03 Å². The minimum atomic E-state index is -2.87. The molecule has 19 heavy (non-hydrogen) atoms. The summed E-state index contributed by atoms with van der Waals surface area (Å²) in [4.78, 5) is 33.0. The van der Waals surface area contributed by atoms with Crippen molar-refractivity contribution >= 4 is 36.0 Å². The van der Waals surface area contributed by atoms with Crippen LogP contribution in [0.3, 0.4) is 0 Å². The molecule has 0 saturated carbocycles. The summed E-state index contributed by atoms with van der Waals surface area (Å²) in [7, 11) is -2.87. The molecule has 0 bridgehead atoms. The molecule has 1 unspecified atom stereocenters. The number of carboxylic acids is 2. The normalized spacial score (nSPS) is 11.3. The van der Waals surface area contributed by atoms with Crippen molar-refractivity contribution in [2.45, 2.75) is 0 Å². The largest absolute Gasteiger partial charge is 0.591 e. The van der Waals surface area contributed by atoms with Gasteiger partial charge in [0.05, 0.1) is 11.1 Å². The SMILES string of the molecule is O=C(O)c1ccc(C(=O)O)c2cc([P+](=O)[O-])ccc12. The highest BCUT2D eigenvalue weighted by molar-refractivity contribution is 7.45. The molecule has 0 heterocycles. The van der Waals surface area contributed by atoms with Crippen molar-refractivity contribution in [1.29, 1.82) is 0 Å². The number of fused-ring (bicyclic) bond motifs is 1. The number of carboxylic acid groups (broad SMARTS) is 2. The maximum Gasteiger partial charge on any atom is 0.348 e. The van der Waals surface area contributed by atoms with Crippen LogP contribution in [-0.2, 0) is 4.57 Å². The van der Waals surface area contributed by atoms with Crippen LogP contribution in [0.5, 0.6) is 0 Å². The van der Waals surface area contributed by atoms with E-state index >= 15 is 0 Å². The topological polar surface area (TPSA) is 115 Å². The van der Waals surface area contributed by atoms with Crippen LogP contribution in [0.1, 0.15) is 20.7 Å². The number of carbonyl (C=O) groups is 2. The second kappa shape index (κ2) is 4.76. The molecule has 0 amide bonds. The fourth-order valence-corrected chi connectivity index (χ4v) is 2.25. The number of benzene rings is 2. The third-order valence-corrected chi connectivity index (χ3v) is 3.37. The fraction of sp³-hybridized carbons (Fsp3) is 0. The molecule has 0 aliphatic carbocycles. The van der Waals surface area contributed by atoms with E-state index in [-0.39, 0.29) is 27.2 Å². The van der Waals surface area contributed by atoms with Crippen molar-refractivity contribution in [3.05, 3.63) is 41.5 Å². The van der Waals surface area contributed by atoms with Crippen LogP contribution in [-0.4, -0.2) is 22.2 Å². The monoisotopic (exact) mass is 278 g/mol. The zero-order chi connectivity index (χ0) is 14.2. The van der Waals surface area contributed by atoms with Gasteiger partial charge >= 0.3 is 20.0 Å². The molecule has 0 aromatic heterocycles. The van der Waals surface area contributed by atoms with Gasteiger partial charge in [0.2, 0.25) is 0 Å². The lowest BCUT2D eigenvalue weighted by atomic mass is 9.99. The van der Waals surface area contributed by atoms with Crippen LogP contribution in [0.25, 0.3) is 10.8 Å². The second-order valence-corrected chi connectivity index (χ2v) is 4.79. The van der Waals surface area contributed by atoms with Crippen molar-refractivity contribution < 1.29 is 29.3 Å². The van der Waals surface area contributed by atoms with Crippen molar-refractivity contribution in [2.24, 2.45) is 0 Å². The minimum Gasteiger partial charge on any atom is -0.591 e. The first kappa shape index (κ1) is 13.1. The maximum absolute atomic E-state index is 11.1. The zero-order valence-corrected chi connectivity index (χ0v) is 10.3. The van der Waals surface area contributed by atoms with Gasteiger partial charge in [-0.25, -0.2) is 9.59 Å². The highest BCUT2D eigenvalue weighted by Crippen LogP contribution is 2.24. The molecule has 0 fully saturated rings. The van der Waals surface area contributed by atoms with Crippen molar-refractivity contribution in [3.63, 3.8) is 0 Å². The first-order valence-electron chi connectivity index (χ1n) is 5.09. The molecular weight excluding hydrogens is 271 g/mol. The Morgan fingerprint density at radius 1 is 0.947 bits per heavy atom. The van der Waals surface area contributed by atoms with E-state index in [4.69, 9.17) is 10.2 Å². The van der Waals surface area contributed by atoms with Gasteiger partial charge in [0.15, 0.2) is 5.30 Å². The third-order valence-electron chi connectivity index (χ3n) is 2.67. The van der Waals surface area contributed by atoms with Crippen LogP contribution < -0.4 is 10.2 Å². The molecular formula is C12H7O6P. The van der Waals surface area contributed by atoms with E-state index in [2.05, 4.69) is 0 Å². The van der Waals surface area contributed by atoms with E-state index in [1.54, 1.807) is 0 Å². The van der Waals surface area contributed by atoms with Gasteiger partial charge in [-0.05, 0) is 29.7 Å². The molecule has 0 spiro atoms. The lowest BCUT2D eigenvalue weighted by Gasteiger charge is -2.06. The first-order valence-corrected chi connectivity index (χ1v) is 6.27. The lowest BCUT2D eigenvalue weighted by molar-refractivity contribution is -0.160. The molecule has 0 aliphatic rings. The molecule has 7 heteroatoms. The Morgan fingerprint density at radius 3 is 1.95 bits per heavy atom. The summed E-state index contributed by atoms with van der Waals surface area (Å²) in [6.07, 6.45) is 0. The molecule has 0 saturated heterocycles. The van der Waals surface area contributed by atoms with E-state index < -0.39 is 20.0 Å². The van der Waals surface area contributed by atoms with Gasteiger partial charge in [-0.1, -0.05) is 4.57 Å². The van der Waals surface area contributed by atoms with Crippen LogP contribution in [0.15, 0.2) is 30.3 Å². The number of hydrogen-bond donors (Lipinski definition) is 2. The third kappa shape index (κ3) is 2.31. The molecule has 0 aliphatic heterocycles. The number of rotatable bonds is 3. The van der Waals surface area contributed by atoms with Crippen LogP contribution in [0, 0.1) is 0 Å². The van der Waals surface area contributed by atoms with Gasteiger partial charge in [0.25, 0.3) is 0 Å². The van der Waals surface area contributed by atoms with Gasteiger partial charge in [0, 0.05) is 11.5 Å². The molecule has 2 aromatic rings. The summed E-state index contributed by atoms with van der Waals surface area (Å²) in [5, 5.41) is 18.3. The van der Waals surface area contributed by atoms with Crippen LogP contribution in [0.4, 0.5) is 0 Å². The summed E-state index contributed by atoms with van der Waals surface area (Å²) in [6.45, 7) is 0. The van der Waals surface area contributed by atoms with Crippen molar-refractivity contribution in [1.82, 2.24) is 0 Å². The molecule has 2 rings (SSSR count). The summed E-state index contributed by atoms with van der Waals surface area (Å²) in [6, 6.07) is 6.04. The Morgan fingerprint density at radius 2 is 1.47 bits per heavy atom. The predicted molar refractivity (Wildman–Crippen MR) is 65.1 cm³/mol. The summed E-state index contributed by atoms with van der Waals surface area (Å²) >= 11 is 0. The molecule has 6 nitrogen and oxygen atoms in total. The maximum atomic E-state index is 11.1. The highest BCUT2D eigenvalue weighted by Gasteiger charge is 2.18. The van der Waals surface area contributed by atoms with Crippen molar-refractivity contribution in [2.75, 3.05) is 0 Å². The first-order chi connectivity index (χ1) is 8.91. The predicted octanol–water partition coefficient (Wildman–Crippen LogP) is 0.964. The van der Waals surface area contributed by atoms with Gasteiger partial charge < -0.3 is 15.1 Å². The Balaban J connectivity index is 2.88. The molecule has 2 aromatic carbocycles. The van der Waals surface area contributed by atoms with E-state index in [0.717, 1.165) is 12.1 Å². The Kier molecular flexibility index (Phi) is 3.29. The number of aromatic carboxylic acids is 2. The van der Waals surface area contributed by atoms with Gasteiger partial charge in [0.1, 0.15) is 0 Å². The Hall–Kier alpha value is -2.30. The standard InChI is InChI=1S/C12H7O6P/c13-11(14)8-3-4-9(12(15)16)10-5-6(19(17)18)1-2-7(8)10/h1-5H,(H,13,14)(H,15,16). The van der Waals surface area contributed by atoms with Crippen molar-refractivity contribution in [3.8, 4) is 0 Å². The summed E-state index contributed by atoms with van der Waals surface area (Å²) in [5.41, 5.74) is -0.216. The van der Waals surface area contributed by atoms with Gasteiger partial charge in [-0.15, -0.1) is 0 Å². The quantitative estimate of drug-likeness (QED) is 0.808. The van der Waals surface area contributed by atoms with E-state index in [0.29, 0.717) is 0 Å². The summed E-state index contributed by atoms with van der Waals surface area (Å²) < 4.78 is 10.9. The minimum absolute atomic E-state index is 0.0625. The van der Waals surface area contributed by atoms with E-state index in [9.17, 15) is 19.0 Å². The number of hydrogen-bond acceptors (Lipinski definition) is 4. The fourth-order valence-electron chi connectivity index (χ4n) is 1.82. The van der Waals surface area contributed by atoms with E-state index in [1.807, 2.05) is 0 Å². The zero-order valence-electron chi connectivity index (χ0n) is 9.36. The van der Waals surface area contributed by atoms with Gasteiger partial charge in [-0.3, -0.25) is 0 Å². The molecule has 0 radical (unpaired) electrons. The van der Waals surface area contributed by atoms with E-state index in [1.165, 1.54) is 18.2 Å². The van der Waals surface area contributed by atoms with Crippen LogP contribution in [0.2, 0.25) is 0 Å². The second-order valence-electron chi connectivity index (χ2n) is 3.76. The average Bonchev–Trinajstić information content (AvgIpc) is 2.36. The Bertz CT molecular complexity index is 721. The van der Waals surface area contributed by atoms with Gasteiger partial charge in [-0.2, -0.15) is 0 Å². The Labute approximate surface area is 107 Å². The highest BCUT2D eigenvalue weighted by atomic mass is 31.1. The molecule has 2 N–H and O–H groups in total. The average molecular weight is 278 g/mol. The molecule has 1 atom stereocenters. The lowest BCUT2D eigenvalue weighted by Crippen LogP contribution is -2.08. The smallest absolute Gasteiger partial charge is 0.348 e. The summed E-state index contributed by atoms with van der Waals surface area (Å²) in [5.74, 6) is -2.46.